The van der Waals surface area contributed by atoms with Gasteiger partial charge in [-0.25, -0.2) is 0 Å². The van der Waals surface area contributed by atoms with E-state index in [1.54, 1.807) is 18.0 Å². The Balaban J connectivity index is 2.19. The molecule has 1 aromatic carbocycles. The molecule has 1 unspecified atom stereocenters. The molecule has 1 aliphatic heterocycles. The Morgan fingerprint density at radius 1 is 1.38 bits per heavy atom. The summed E-state index contributed by atoms with van der Waals surface area (Å²) in [6.07, 6.45) is 0.559. The number of carbonyl (C=O) groups excluding carboxylic acids is 2. The number of nitrogens with one attached hydrogen (secondary N) is 1. The monoisotopic (exact) mass is 316 g/mol. The Bertz CT molecular complexity index is 676. The molecule has 9 heteroatoms. The van der Waals surface area contributed by atoms with Crippen LogP contribution in [0.5, 0.6) is 5.75 Å². The van der Waals surface area contributed by atoms with E-state index < -0.39 is 22.5 Å². The Kier molecular flexibility index (Phi) is 4.12. The highest BCUT2D eigenvalue weighted by Crippen LogP contribution is 2.25. The van der Waals surface area contributed by atoms with Crippen molar-refractivity contribution in [1.29, 1.82) is 0 Å². The third-order valence-corrected chi connectivity index (χ3v) is 3.49. The zero-order valence-corrected chi connectivity index (χ0v) is 11.9. The molecule has 0 spiro atoms. The molecule has 7 nitrogen and oxygen atoms in total. The van der Waals surface area contributed by atoms with Gasteiger partial charge >= 0.3 is 10.5 Å². The number of rotatable bonds is 4. The SMILES string of the molecule is CN(c1cccc(OS(=O)(=O)F)c1)C1CCC(=O)NC1=O. The Labute approximate surface area is 121 Å². The Morgan fingerprint density at radius 2 is 2.10 bits per heavy atom. The van der Waals surface area contributed by atoms with Gasteiger partial charge in [0, 0.05) is 25.2 Å². The van der Waals surface area contributed by atoms with Gasteiger partial charge in [-0.15, -0.1) is 0 Å². The van der Waals surface area contributed by atoms with Gasteiger partial charge in [0.15, 0.2) is 0 Å². The normalized spacial score (nSPS) is 19.0. The van der Waals surface area contributed by atoms with Crippen LogP contribution in [0.1, 0.15) is 12.8 Å². The van der Waals surface area contributed by atoms with Crippen molar-refractivity contribution in [3.8, 4) is 5.75 Å². The quantitative estimate of drug-likeness (QED) is 0.643. The Morgan fingerprint density at radius 3 is 2.71 bits per heavy atom. The molecule has 0 bridgehead atoms. The van der Waals surface area contributed by atoms with Crippen LogP contribution < -0.4 is 14.4 Å². The summed E-state index contributed by atoms with van der Waals surface area (Å²) in [5.74, 6) is -0.961. The van der Waals surface area contributed by atoms with Crippen LogP contribution in [0.4, 0.5) is 9.57 Å². The lowest BCUT2D eigenvalue weighted by atomic mass is 10.0. The number of hydrogen-bond donors (Lipinski definition) is 1. The fourth-order valence-electron chi connectivity index (χ4n) is 2.10. The van der Waals surface area contributed by atoms with Crippen molar-refractivity contribution in [3.05, 3.63) is 24.3 Å². The first-order chi connectivity index (χ1) is 9.76. The molecular weight excluding hydrogens is 303 g/mol. The number of amides is 2. The summed E-state index contributed by atoms with van der Waals surface area (Å²) in [6.45, 7) is 0. The third-order valence-electron chi connectivity index (χ3n) is 3.10. The van der Waals surface area contributed by atoms with Crippen molar-refractivity contribution in [2.75, 3.05) is 11.9 Å². The van der Waals surface area contributed by atoms with Crippen molar-refractivity contribution >= 4 is 28.0 Å². The third kappa shape index (κ3) is 3.91. The number of anilines is 1. The largest absolute Gasteiger partial charge is 0.488 e. The van der Waals surface area contributed by atoms with Gasteiger partial charge in [-0.05, 0) is 18.6 Å². The van der Waals surface area contributed by atoms with Crippen molar-refractivity contribution in [1.82, 2.24) is 5.32 Å². The van der Waals surface area contributed by atoms with Gasteiger partial charge in [0.1, 0.15) is 11.8 Å². The highest BCUT2D eigenvalue weighted by atomic mass is 32.3. The lowest BCUT2D eigenvalue weighted by Crippen LogP contribution is -2.51. The van der Waals surface area contributed by atoms with E-state index in [2.05, 4.69) is 9.50 Å². The molecule has 0 aromatic heterocycles. The minimum atomic E-state index is -5.11. The molecule has 0 aliphatic carbocycles. The van der Waals surface area contributed by atoms with Crippen LogP contribution in [-0.2, 0) is 20.1 Å². The molecule has 1 saturated heterocycles. The number of piperidine rings is 1. The second-order valence-corrected chi connectivity index (χ2v) is 5.50. The molecule has 1 heterocycles. The number of hydrogen-bond acceptors (Lipinski definition) is 6. The van der Waals surface area contributed by atoms with Crippen molar-refractivity contribution in [2.24, 2.45) is 0 Å². The molecule has 1 N–H and O–H groups in total. The van der Waals surface area contributed by atoms with Crippen LogP contribution in [0.3, 0.4) is 0 Å². The first-order valence-corrected chi connectivity index (χ1v) is 7.38. The van der Waals surface area contributed by atoms with E-state index in [9.17, 15) is 21.9 Å². The van der Waals surface area contributed by atoms with Crippen LogP contribution >= 0.6 is 0 Å². The lowest BCUT2D eigenvalue weighted by Gasteiger charge is -2.31. The summed E-state index contributed by atoms with van der Waals surface area (Å²) in [5.41, 5.74) is 0.464. The molecule has 0 radical (unpaired) electrons. The molecule has 0 saturated carbocycles. The molecule has 1 fully saturated rings. The maximum absolute atomic E-state index is 12.5. The maximum atomic E-state index is 12.5. The van der Waals surface area contributed by atoms with Crippen molar-refractivity contribution in [2.45, 2.75) is 18.9 Å². The average molecular weight is 316 g/mol. The number of nitrogens with zero attached hydrogens (tertiary/aromatic N) is 1. The highest BCUT2D eigenvalue weighted by molar-refractivity contribution is 7.81. The minimum Gasteiger partial charge on any atom is -0.363 e. The molecule has 2 amide bonds. The highest BCUT2D eigenvalue weighted by Gasteiger charge is 2.30. The van der Waals surface area contributed by atoms with Gasteiger partial charge in [0.25, 0.3) is 0 Å². The van der Waals surface area contributed by atoms with E-state index in [1.165, 1.54) is 18.2 Å². The maximum Gasteiger partial charge on any atom is 0.488 e. The first-order valence-electron chi connectivity index (χ1n) is 6.07. The van der Waals surface area contributed by atoms with E-state index in [-0.39, 0.29) is 18.1 Å². The fourth-order valence-corrected chi connectivity index (χ4v) is 2.43. The van der Waals surface area contributed by atoms with Gasteiger partial charge in [-0.1, -0.05) is 9.95 Å². The molecular formula is C12H13FN2O5S. The van der Waals surface area contributed by atoms with Crippen LogP contribution in [0.15, 0.2) is 24.3 Å². The standard InChI is InChI=1S/C12H13FN2O5S/c1-15(10-5-6-11(16)14-12(10)17)8-3-2-4-9(7-8)20-21(13,18)19/h2-4,7,10H,5-6H2,1H3,(H,14,16,17). The predicted molar refractivity (Wildman–Crippen MR) is 71.7 cm³/mol. The minimum absolute atomic E-state index is 0.200. The first kappa shape index (κ1) is 15.2. The Hall–Kier alpha value is -2.16. The fraction of sp³-hybridized carbons (Fsp3) is 0.333. The number of likely N-dealkylation sites (N-methyl/N-ethyl adjacent to an activating group) is 1. The second-order valence-electron chi connectivity index (χ2n) is 4.55. The molecule has 1 aliphatic rings. The van der Waals surface area contributed by atoms with Crippen molar-refractivity contribution in [3.63, 3.8) is 0 Å². The van der Waals surface area contributed by atoms with Crippen LogP contribution in [0.25, 0.3) is 0 Å². The van der Waals surface area contributed by atoms with Gasteiger partial charge in [-0.3, -0.25) is 14.9 Å². The zero-order valence-electron chi connectivity index (χ0n) is 11.1. The van der Waals surface area contributed by atoms with Crippen LogP contribution in [0.2, 0.25) is 0 Å². The van der Waals surface area contributed by atoms with Crippen LogP contribution in [0, 0.1) is 0 Å². The topological polar surface area (TPSA) is 92.8 Å². The van der Waals surface area contributed by atoms with Crippen LogP contribution in [-0.4, -0.2) is 33.3 Å². The summed E-state index contributed by atoms with van der Waals surface area (Å²) in [4.78, 5) is 24.5. The van der Waals surface area contributed by atoms with E-state index in [1.807, 2.05) is 0 Å². The summed E-state index contributed by atoms with van der Waals surface area (Å²) in [5, 5.41) is 2.23. The van der Waals surface area contributed by atoms with Gasteiger partial charge in [0.2, 0.25) is 11.8 Å². The summed E-state index contributed by atoms with van der Waals surface area (Å²) < 4.78 is 37.6. The predicted octanol–water partition coefficient (Wildman–Crippen LogP) is 0.521. The molecule has 2 rings (SSSR count). The molecule has 21 heavy (non-hydrogen) atoms. The zero-order chi connectivity index (χ0) is 15.6. The molecule has 1 aromatic rings. The lowest BCUT2D eigenvalue weighted by molar-refractivity contribution is -0.134. The summed E-state index contributed by atoms with van der Waals surface area (Å²) in [7, 11) is -3.49. The van der Waals surface area contributed by atoms with E-state index in [0.717, 1.165) is 0 Å². The number of benzene rings is 1. The van der Waals surface area contributed by atoms with E-state index in [0.29, 0.717) is 12.1 Å². The number of halogens is 1. The van der Waals surface area contributed by atoms with Gasteiger partial charge < -0.3 is 9.08 Å². The van der Waals surface area contributed by atoms with E-state index in [4.69, 9.17) is 0 Å². The smallest absolute Gasteiger partial charge is 0.363 e. The van der Waals surface area contributed by atoms with Gasteiger partial charge in [0.05, 0.1) is 0 Å². The number of carbonyl (C=O) groups is 2. The summed E-state index contributed by atoms with van der Waals surface area (Å²) >= 11 is 0. The van der Waals surface area contributed by atoms with Crippen molar-refractivity contribution < 1.29 is 26.1 Å². The van der Waals surface area contributed by atoms with E-state index >= 15 is 0 Å². The molecule has 1 atom stereocenters. The summed E-state index contributed by atoms with van der Waals surface area (Å²) in [6, 6.07) is 5.08. The molecule has 114 valence electrons. The van der Waals surface area contributed by atoms with Gasteiger partial charge in [-0.2, -0.15) is 8.42 Å². The number of imide groups is 1. The average Bonchev–Trinajstić information content (AvgIpc) is 2.36. The second kappa shape index (κ2) is 5.68.